The summed E-state index contributed by atoms with van der Waals surface area (Å²) >= 11 is 3.00. The van der Waals surface area contributed by atoms with E-state index in [1.807, 2.05) is 84.3 Å². The van der Waals surface area contributed by atoms with Crippen molar-refractivity contribution in [1.29, 1.82) is 0 Å². The maximum atomic E-state index is 12.7. The number of para-hydroxylation sites is 1. The molecule has 0 saturated heterocycles. The molecule has 174 valence electrons. The van der Waals surface area contributed by atoms with Gasteiger partial charge >= 0.3 is 0 Å². The molecule has 9 heteroatoms. The third-order valence-corrected chi connectivity index (χ3v) is 7.31. The number of nitrogens with one attached hydrogen (secondary N) is 1. The molecule has 0 bridgehead atoms. The van der Waals surface area contributed by atoms with Gasteiger partial charge in [-0.1, -0.05) is 60.3 Å². The van der Waals surface area contributed by atoms with Crippen LogP contribution < -0.4 is 5.32 Å². The summed E-state index contributed by atoms with van der Waals surface area (Å²) in [5.41, 5.74) is 3.39. The van der Waals surface area contributed by atoms with Gasteiger partial charge in [0, 0.05) is 29.0 Å². The highest BCUT2D eigenvalue weighted by molar-refractivity contribution is 7.98. The number of pyridine rings is 1. The Kier molecular flexibility index (Phi) is 6.97. The Hall–Kier alpha value is -3.82. The van der Waals surface area contributed by atoms with Crippen molar-refractivity contribution in [1.82, 2.24) is 30.0 Å². The summed E-state index contributed by atoms with van der Waals surface area (Å²) in [7, 11) is 0. The first-order chi connectivity index (χ1) is 17.2. The van der Waals surface area contributed by atoms with E-state index < -0.39 is 0 Å². The Morgan fingerprint density at radius 1 is 1.00 bits per heavy atom. The number of thioether (sulfide) groups is 1. The van der Waals surface area contributed by atoms with Crippen molar-refractivity contribution in [2.24, 2.45) is 0 Å². The lowest BCUT2D eigenvalue weighted by atomic mass is 10.1. The van der Waals surface area contributed by atoms with Gasteiger partial charge in [-0.05, 0) is 36.8 Å². The first-order valence-electron chi connectivity index (χ1n) is 11.0. The summed E-state index contributed by atoms with van der Waals surface area (Å²) in [6.45, 7) is 1.97. The second-order valence-electron chi connectivity index (χ2n) is 7.73. The van der Waals surface area contributed by atoms with E-state index in [0.29, 0.717) is 11.4 Å². The largest absolute Gasteiger partial charge is 0.344 e. The third-order valence-electron chi connectivity index (χ3n) is 5.34. The van der Waals surface area contributed by atoms with Crippen molar-refractivity contribution >= 4 is 29.0 Å². The quantitative estimate of drug-likeness (QED) is 0.282. The van der Waals surface area contributed by atoms with Crippen LogP contribution in [-0.2, 0) is 5.75 Å². The van der Waals surface area contributed by atoms with E-state index in [1.165, 1.54) is 23.1 Å². The van der Waals surface area contributed by atoms with Crippen LogP contribution in [-0.4, -0.2) is 30.6 Å². The number of benzene rings is 2. The van der Waals surface area contributed by atoms with Gasteiger partial charge in [-0.3, -0.25) is 14.3 Å². The molecular weight excluding hydrogens is 476 g/mol. The molecule has 0 fully saturated rings. The molecule has 0 aliphatic rings. The van der Waals surface area contributed by atoms with Gasteiger partial charge in [0.2, 0.25) is 0 Å². The van der Waals surface area contributed by atoms with E-state index in [-0.39, 0.29) is 11.9 Å². The van der Waals surface area contributed by atoms with Gasteiger partial charge in [-0.2, -0.15) is 0 Å². The number of thiazole rings is 1. The van der Waals surface area contributed by atoms with Gasteiger partial charge in [0.05, 0.1) is 11.8 Å². The number of nitrogens with zero attached hydrogens (tertiary/aromatic N) is 5. The number of rotatable bonds is 8. The highest BCUT2D eigenvalue weighted by atomic mass is 32.2. The Bertz CT molecular complexity index is 1400. The number of hydrogen-bond acceptors (Lipinski definition) is 7. The summed E-state index contributed by atoms with van der Waals surface area (Å²) in [5.74, 6) is 1.14. The van der Waals surface area contributed by atoms with Crippen LogP contribution in [0.4, 0.5) is 0 Å². The fourth-order valence-corrected chi connectivity index (χ4v) is 5.31. The molecule has 1 N–H and O–H groups in total. The lowest BCUT2D eigenvalue weighted by molar-refractivity contribution is 0.0935. The second kappa shape index (κ2) is 10.6. The average Bonchev–Trinajstić information content (AvgIpc) is 3.56. The zero-order valence-electron chi connectivity index (χ0n) is 18.9. The number of carbonyl (C=O) groups is 1. The first-order valence-corrected chi connectivity index (χ1v) is 12.9. The van der Waals surface area contributed by atoms with Crippen molar-refractivity contribution in [3.05, 3.63) is 107 Å². The smallest absolute Gasteiger partial charge is 0.271 e. The molecule has 1 amide bonds. The van der Waals surface area contributed by atoms with Crippen molar-refractivity contribution in [3.8, 4) is 17.1 Å². The molecule has 0 saturated carbocycles. The van der Waals surface area contributed by atoms with Gasteiger partial charge in [-0.25, -0.2) is 4.98 Å². The van der Waals surface area contributed by atoms with Crippen molar-refractivity contribution < 1.29 is 4.79 Å². The van der Waals surface area contributed by atoms with Gasteiger partial charge < -0.3 is 5.32 Å². The van der Waals surface area contributed by atoms with Crippen LogP contribution in [0.15, 0.2) is 95.7 Å². The van der Waals surface area contributed by atoms with Crippen LogP contribution in [0, 0.1) is 0 Å². The molecule has 3 heterocycles. The van der Waals surface area contributed by atoms with E-state index in [1.54, 1.807) is 17.8 Å². The number of aromatic nitrogens is 5. The molecule has 1 atom stereocenters. The summed E-state index contributed by atoms with van der Waals surface area (Å²) in [4.78, 5) is 21.4. The average molecular weight is 499 g/mol. The zero-order valence-corrected chi connectivity index (χ0v) is 20.5. The minimum atomic E-state index is -0.179. The highest BCUT2D eigenvalue weighted by Crippen LogP contribution is 2.30. The lowest BCUT2D eigenvalue weighted by Crippen LogP contribution is -2.26. The monoisotopic (exact) mass is 498 g/mol. The van der Waals surface area contributed by atoms with Gasteiger partial charge in [0.15, 0.2) is 11.0 Å². The number of amides is 1. The SMILES string of the molecule is CC(NC(=O)c1csc(CSc2nnc(-c3ccncc3)n2-c2ccccc2)n1)c1ccccc1. The summed E-state index contributed by atoms with van der Waals surface area (Å²) in [5, 5.41) is 15.3. The van der Waals surface area contributed by atoms with Crippen LogP contribution in [0.5, 0.6) is 0 Å². The topological polar surface area (TPSA) is 85.6 Å². The molecule has 1 unspecified atom stereocenters. The van der Waals surface area contributed by atoms with Gasteiger partial charge in [0.25, 0.3) is 5.91 Å². The molecule has 0 radical (unpaired) electrons. The van der Waals surface area contributed by atoms with E-state index in [0.717, 1.165) is 32.8 Å². The lowest BCUT2D eigenvalue weighted by Gasteiger charge is -2.13. The Morgan fingerprint density at radius 2 is 1.71 bits per heavy atom. The van der Waals surface area contributed by atoms with E-state index in [4.69, 9.17) is 0 Å². The summed E-state index contributed by atoms with van der Waals surface area (Å²) in [6, 6.07) is 23.6. The first kappa shape index (κ1) is 22.9. The Labute approximate surface area is 211 Å². The molecule has 0 spiro atoms. The molecule has 5 rings (SSSR count). The maximum absolute atomic E-state index is 12.7. The normalized spacial score (nSPS) is 11.8. The van der Waals surface area contributed by atoms with Crippen LogP contribution in [0.25, 0.3) is 17.1 Å². The van der Waals surface area contributed by atoms with Crippen LogP contribution >= 0.6 is 23.1 Å². The standard InChI is InChI=1S/C26H22N6OS2/c1-18(19-8-4-2-5-9-19)28-25(33)22-16-34-23(29-22)17-35-26-31-30-24(20-12-14-27-15-13-20)32(26)21-10-6-3-7-11-21/h2-16,18H,17H2,1H3,(H,28,33). The Balaban J connectivity index is 1.32. The number of carbonyl (C=O) groups excluding carboxylic acids is 1. The summed E-state index contributed by atoms with van der Waals surface area (Å²) < 4.78 is 2.03. The maximum Gasteiger partial charge on any atom is 0.271 e. The minimum Gasteiger partial charge on any atom is -0.344 e. The molecule has 0 aliphatic carbocycles. The van der Waals surface area contributed by atoms with Gasteiger partial charge in [0.1, 0.15) is 10.7 Å². The number of hydrogen-bond donors (Lipinski definition) is 1. The minimum absolute atomic E-state index is 0.0979. The third kappa shape index (κ3) is 5.31. The van der Waals surface area contributed by atoms with Crippen LogP contribution in [0.3, 0.4) is 0 Å². The molecule has 0 aliphatic heterocycles. The van der Waals surface area contributed by atoms with Crippen LogP contribution in [0.2, 0.25) is 0 Å². The fourth-order valence-electron chi connectivity index (χ4n) is 3.56. The zero-order chi connectivity index (χ0) is 24.0. The molecule has 2 aromatic carbocycles. The Morgan fingerprint density at radius 3 is 2.46 bits per heavy atom. The predicted octanol–water partition coefficient (Wildman–Crippen LogP) is 5.57. The molecule has 35 heavy (non-hydrogen) atoms. The highest BCUT2D eigenvalue weighted by Gasteiger charge is 2.18. The van der Waals surface area contributed by atoms with Crippen molar-refractivity contribution in [2.45, 2.75) is 23.9 Å². The fraction of sp³-hybridized carbons (Fsp3) is 0.115. The van der Waals surface area contributed by atoms with E-state index in [2.05, 4.69) is 25.5 Å². The van der Waals surface area contributed by atoms with Gasteiger partial charge in [-0.15, -0.1) is 21.5 Å². The van der Waals surface area contributed by atoms with Crippen molar-refractivity contribution in [2.75, 3.05) is 0 Å². The molecule has 5 aromatic rings. The van der Waals surface area contributed by atoms with E-state index in [9.17, 15) is 4.79 Å². The van der Waals surface area contributed by atoms with E-state index >= 15 is 0 Å². The van der Waals surface area contributed by atoms with Crippen molar-refractivity contribution in [3.63, 3.8) is 0 Å². The molecule has 7 nitrogen and oxygen atoms in total. The summed E-state index contributed by atoms with van der Waals surface area (Å²) in [6.07, 6.45) is 3.49. The predicted molar refractivity (Wildman–Crippen MR) is 139 cm³/mol. The molecule has 3 aromatic heterocycles. The second-order valence-corrected chi connectivity index (χ2v) is 9.62. The van der Waals surface area contributed by atoms with Crippen LogP contribution in [0.1, 0.15) is 34.0 Å². The molecular formula is C26H22N6OS2.